The maximum Gasteiger partial charge on any atom is 0.0594 e. The Morgan fingerprint density at radius 2 is 2.00 bits per heavy atom. The third kappa shape index (κ3) is 4.94. The van der Waals surface area contributed by atoms with Gasteiger partial charge in [0.2, 0.25) is 0 Å². The Bertz CT molecular complexity index is 480. The molecule has 1 atom stereocenters. The van der Waals surface area contributed by atoms with Crippen LogP contribution in [0.3, 0.4) is 0 Å². The monoisotopic (exact) mass is 300 g/mol. The average Bonchev–Trinajstić information content (AvgIpc) is 2.57. The summed E-state index contributed by atoms with van der Waals surface area (Å²) in [6.45, 7) is 7.02. The molecule has 1 saturated heterocycles. The van der Waals surface area contributed by atoms with Crippen molar-refractivity contribution in [2.45, 2.75) is 32.4 Å². The van der Waals surface area contributed by atoms with E-state index in [0.717, 1.165) is 51.9 Å². The van der Waals surface area contributed by atoms with Crippen LogP contribution in [0.5, 0.6) is 0 Å². The first-order valence-electron chi connectivity index (χ1n) is 8.64. The molecule has 0 radical (unpaired) electrons. The maximum atomic E-state index is 5.42. The van der Waals surface area contributed by atoms with Crippen molar-refractivity contribution in [2.75, 3.05) is 32.8 Å². The van der Waals surface area contributed by atoms with E-state index in [9.17, 15) is 0 Å². The molecule has 22 heavy (non-hydrogen) atoms. The Labute approximate surface area is 134 Å². The predicted molar refractivity (Wildman–Crippen MR) is 90.7 cm³/mol. The van der Waals surface area contributed by atoms with Gasteiger partial charge in [0.25, 0.3) is 0 Å². The molecule has 1 N–H and O–H groups in total. The molecule has 3 nitrogen and oxygen atoms in total. The summed E-state index contributed by atoms with van der Waals surface area (Å²) in [6.07, 6.45) is 8.47. The van der Waals surface area contributed by atoms with Gasteiger partial charge in [0.15, 0.2) is 0 Å². The minimum atomic E-state index is 0.821. The molecule has 0 spiro atoms. The molecule has 1 fully saturated rings. The van der Waals surface area contributed by atoms with Gasteiger partial charge in [-0.1, -0.05) is 36.4 Å². The largest absolute Gasteiger partial charge is 0.379 e. The predicted octanol–water partition coefficient (Wildman–Crippen LogP) is 2.96. The van der Waals surface area contributed by atoms with E-state index in [0.29, 0.717) is 0 Å². The van der Waals surface area contributed by atoms with Gasteiger partial charge in [0.1, 0.15) is 0 Å². The van der Waals surface area contributed by atoms with Crippen LogP contribution in [0.4, 0.5) is 0 Å². The number of nitrogens with zero attached hydrogens (tertiary/aromatic N) is 1. The molecule has 0 bridgehead atoms. The fourth-order valence-corrected chi connectivity index (χ4v) is 3.32. The zero-order valence-corrected chi connectivity index (χ0v) is 13.5. The van der Waals surface area contributed by atoms with Crippen molar-refractivity contribution in [1.82, 2.24) is 10.2 Å². The fourth-order valence-electron chi connectivity index (χ4n) is 3.32. The van der Waals surface area contributed by atoms with Crippen LogP contribution in [0.15, 0.2) is 36.4 Å². The Kier molecular flexibility index (Phi) is 6.05. The van der Waals surface area contributed by atoms with Crippen molar-refractivity contribution in [3.05, 3.63) is 47.5 Å². The van der Waals surface area contributed by atoms with E-state index in [1.54, 1.807) is 0 Å². The summed E-state index contributed by atoms with van der Waals surface area (Å²) in [5, 5.41) is 3.63. The molecule has 1 unspecified atom stereocenters. The highest BCUT2D eigenvalue weighted by molar-refractivity contribution is 5.23. The van der Waals surface area contributed by atoms with Crippen LogP contribution in [0.2, 0.25) is 0 Å². The molecule has 3 heteroatoms. The first kappa shape index (κ1) is 15.7. The molecule has 2 aliphatic rings. The smallest absolute Gasteiger partial charge is 0.0594 e. The lowest BCUT2D eigenvalue weighted by Crippen LogP contribution is -2.35. The molecular formula is C19H28N2O. The van der Waals surface area contributed by atoms with E-state index in [2.05, 4.69) is 46.6 Å². The number of nitrogens with one attached hydrogen (secondary N) is 1. The Morgan fingerprint density at radius 3 is 2.82 bits per heavy atom. The molecule has 1 aliphatic heterocycles. The van der Waals surface area contributed by atoms with Crippen molar-refractivity contribution in [3.63, 3.8) is 0 Å². The second-order valence-electron chi connectivity index (χ2n) is 6.49. The van der Waals surface area contributed by atoms with Crippen LogP contribution < -0.4 is 5.32 Å². The van der Waals surface area contributed by atoms with Crippen LogP contribution in [0, 0.1) is 5.92 Å². The highest BCUT2D eigenvalue weighted by Gasteiger charge is 2.11. The number of rotatable bonds is 6. The molecule has 0 saturated carbocycles. The molecule has 3 rings (SSSR count). The van der Waals surface area contributed by atoms with Crippen molar-refractivity contribution < 1.29 is 4.74 Å². The SMILES string of the molecule is C1=CCC(CNCc2cccc(CN3CCOCC3)c2)CC1. The Hall–Kier alpha value is -1.16. The van der Waals surface area contributed by atoms with Crippen LogP contribution in [0.25, 0.3) is 0 Å². The first-order chi connectivity index (χ1) is 10.9. The summed E-state index contributed by atoms with van der Waals surface area (Å²) >= 11 is 0. The number of allylic oxidation sites excluding steroid dienone is 2. The first-order valence-corrected chi connectivity index (χ1v) is 8.64. The normalized spacial score (nSPS) is 22.8. The third-order valence-electron chi connectivity index (χ3n) is 4.64. The lowest BCUT2D eigenvalue weighted by atomic mass is 9.94. The zero-order chi connectivity index (χ0) is 15.0. The van der Waals surface area contributed by atoms with Gasteiger partial charge < -0.3 is 10.1 Å². The van der Waals surface area contributed by atoms with E-state index >= 15 is 0 Å². The molecule has 120 valence electrons. The van der Waals surface area contributed by atoms with Crippen molar-refractivity contribution in [1.29, 1.82) is 0 Å². The van der Waals surface area contributed by atoms with Crippen molar-refractivity contribution >= 4 is 0 Å². The zero-order valence-electron chi connectivity index (χ0n) is 13.5. The molecule has 1 aromatic carbocycles. The number of ether oxygens (including phenoxy) is 1. The summed E-state index contributed by atoms with van der Waals surface area (Å²) in [4.78, 5) is 2.48. The lowest BCUT2D eigenvalue weighted by molar-refractivity contribution is 0.0342. The molecular weight excluding hydrogens is 272 g/mol. The van der Waals surface area contributed by atoms with Crippen molar-refractivity contribution in [2.24, 2.45) is 5.92 Å². The number of morpholine rings is 1. The van der Waals surface area contributed by atoms with Gasteiger partial charge >= 0.3 is 0 Å². The van der Waals surface area contributed by atoms with E-state index in [4.69, 9.17) is 4.74 Å². The van der Waals surface area contributed by atoms with Crippen LogP contribution in [-0.4, -0.2) is 37.7 Å². The third-order valence-corrected chi connectivity index (χ3v) is 4.64. The van der Waals surface area contributed by atoms with Gasteiger partial charge in [-0.2, -0.15) is 0 Å². The maximum absolute atomic E-state index is 5.42. The van der Waals surface area contributed by atoms with E-state index in [1.807, 2.05) is 0 Å². The molecule has 1 heterocycles. The number of benzene rings is 1. The highest BCUT2D eigenvalue weighted by atomic mass is 16.5. The minimum Gasteiger partial charge on any atom is -0.379 e. The van der Waals surface area contributed by atoms with Gasteiger partial charge in [0, 0.05) is 26.2 Å². The summed E-state index contributed by atoms with van der Waals surface area (Å²) in [5.74, 6) is 0.821. The summed E-state index contributed by atoms with van der Waals surface area (Å²) in [6, 6.07) is 9.01. The van der Waals surface area contributed by atoms with Gasteiger partial charge in [-0.3, -0.25) is 4.90 Å². The van der Waals surface area contributed by atoms with Gasteiger partial charge in [-0.25, -0.2) is 0 Å². The summed E-state index contributed by atoms with van der Waals surface area (Å²) in [7, 11) is 0. The number of hydrogen-bond acceptors (Lipinski definition) is 3. The number of hydrogen-bond donors (Lipinski definition) is 1. The summed E-state index contributed by atoms with van der Waals surface area (Å²) < 4.78 is 5.42. The molecule has 1 aromatic rings. The highest BCUT2D eigenvalue weighted by Crippen LogP contribution is 2.17. The summed E-state index contributed by atoms with van der Waals surface area (Å²) in [5.41, 5.74) is 2.82. The average molecular weight is 300 g/mol. The molecule has 0 aromatic heterocycles. The van der Waals surface area contributed by atoms with E-state index in [1.165, 1.54) is 30.4 Å². The van der Waals surface area contributed by atoms with Crippen LogP contribution in [-0.2, 0) is 17.8 Å². The van der Waals surface area contributed by atoms with Gasteiger partial charge in [0.05, 0.1) is 13.2 Å². The standard InChI is InChI=1S/C19H28N2O/c1-2-5-17(6-3-1)14-20-15-18-7-4-8-19(13-18)16-21-9-11-22-12-10-21/h1-2,4,7-8,13,17,20H,3,5-6,9-12,14-16H2. The second kappa shape index (κ2) is 8.47. The minimum absolute atomic E-state index is 0.821. The van der Waals surface area contributed by atoms with Gasteiger partial charge in [-0.15, -0.1) is 0 Å². The van der Waals surface area contributed by atoms with Gasteiger partial charge in [-0.05, 0) is 42.9 Å². The lowest BCUT2D eigenvalue weighted by Gasteiger charge is -2.26. The Morgan fingerprint density at radius 1 is 1.14 bits per heavy atom. The van der Waals surface area contributed by atoms with Crippen LogP contribution >= 0.6 is 0 Å². The fraction of sp³-hybridized carbons (Fsp3) is 0.579. The Balaban J connectivity index is 1.45. The van der Waals surface area contributed by atoms with Crippen molar-refractivity contribution in [3.8, 4) is 0 Å². The molecule has 1 aliphatic carbocycles. The van der Waals surface area contributed by atoms with Crippen LogP contribution in [0.1, 0.15) is 30.4 Å². The topological polar surface area (TPSA) is 24.5 Å². The van der Waals surface area contributed by atoms with E-state index < -0.39 is 0 Å². The molecule has 0 amide bonds. The van der Waals surface area contributed by atoms with E-state index in [-0.39, 0.29) is 0 Å². The quantitative estimate of drug-likeness (QED) is 0.818. The second-order valence-corrected chi connectivity index (χ2v) is 6.49.